The Balaban J connectivity index is 1.61. The third-order valence-corrected chi connectivity index (χ3v) is 10.4. The molecule has 1 saturated heterocycles. The fraction of sp³-hybridized carbons (Fsp3) is 0.576. The van der Waals surface area contributed by atoms with Crippen LogP contribution in [0.25, 0.3) is 0 Å². The molecular formula is C33H48N4O6S. The predicted molar refractivity (Wildman–Crippen MR) is 169 cm³/mol. The van der Waals surface area contributed by atoms with Crippen molar-refractivity contribution < 1.29 is 27.9 Å². The molecule has 2 heterocycles. The SMILES string of the molecule is CC(C)C(NC[C@@H](O)C(Cc1ccccc1)N(NC(=O)C1CCCN1)C(=O)CC(C)(C)C)S(=O)(=O)c1ccc2c(c1)CCO2. The molecule has 0 spiro atoms. The van der Waals surface area contributed by atoms with Crippen LogP contribution in [0.5, 0.6) is 5.75 Å². The van der Waals surface area contributed by atoms with Crippen LogP contribution in [-0.4, -0.2) is 73.6 Å². The summed E-state index contributed by atoms with van der Waals surface area (Å²) >= 11 is 0. The molecule has 2 amide bonds. The van der Waals surface area contributed by atoms with Gasteiger partial charge in [-0.25, -0.2) is 13.4 Å². The number of ether oxygens (including phenoxy) is 1. The summed E-state index contributed by atoms with van der Waals surface area (Å²) in [4.78, 5) is 27.3. The van der Waals surface area contributed by atoms with E-state index >= 15 is 0 Å². The van der Waals surface area contributed by atoms with Gasteiger partial charge in [-0.05, 0) is 66.5 Å². The lowest BCUT2D eigenvalue weighted by molar-refractivity contribution is -0.149. The minimum absolute atomic E-state index is 0.121. The fourth-order valence-corrected chi connectivity index (χ4v) is 7.68. The molecule has 2 aliphatic rings. The molecule has 2 aromatic rings. The van der Waals surface area contributed by atoms with E-state index in [1.807, 2.05) is 65.0 Å². The maximum atomic E-state index is 13.8. The number of nitrogens with one attached hydrogen (secondary N) is 3. The number of amides is 2. The first-order valence-electron chi connectivity index (χ1n) is 15.6. The highest BCUT2D eigenvalue weighted by atomic mass is 32.2. The van der Waals surface area contributed by atoms with Gasteiger partial charge in [0.1, 0.15) is 11.1 Å². The lowest BCUT2D eigenvalue weighted by Crippen LogP contribution is -2.61. The number of fused-ring (bicyclic) bond motifs is 1. The van der Waals surface area contributed by atoms with E-state index in [1.165, 1.54) is 5.01 Å². The summed E-state index contributed by atoms with van der Waals surface area (Å²) in [5, 5.41) is 18.3. The number of aliphatic hydroxyl groups is 1. The molecule has 0 aliphatic carbocycles. The van der Waals surface area contributed by atoms with Crippen LogP contribution in [0.2, 0.25) is 0 Å². The first-order valence-corrected chi connectivity index (χ1v) is 17.1. The summed E-state index contributed by atoms with van der Waals surface area (Å²) < 4.78 is 33.2. The maximum absolute atomic E-state index is 13.8. The van der Waals surface area contributed by atoms with Gasteiger partial charge < -0.3 is 15.2 Å². The topological polar surface area (TPSA) is 137 Å². The molecule has 2 aliphatic heterocycles. The molecule has 1 fully saturated rings. The van der Waals surface area contributed by atoms with Crippen LogP contribution in [0.1, 0.15) is 65.0 Å². The highest BCUT2D eigenvalue weighted by molar-refractivity contribution is 7.92. The number of sulfone groups is 1. The van der Waals surface area contributed by atoms with E-state index in [9.17, 15) is 23.1 Å². The van der Waals surface area contributed by atoms with Crippen molar-refractivity contribution in [2.24, 2.45) is 11.3 Å². The zero-order valence-electron chi connectivity index (χ0n) is 26.5. The highest BCUT2D eigenvalue weighted by Crippen LogP contribution is 2.30. The fourth-order valence-electron chi connectivity index (χ4n) is 5.79. The second-order valence-electron chi connectivity index (χ2n) is 13.4. The van der Waals surface area contributed by atoms with Crippen LogP contribution in [0.3, 0.4) is 0 Å². The van der Waals surface area contributed by atoms with Gasteiger partial charge in [-0.1, -0.05) is 65.0 Å². The number of carbonyl (C=O) groups excluding carboxylic acids is 2. The predicted octanol–water partition coefficient (Wildman–Crippen LogP) is 2.99. The number of benzene rings is 2. The third kappa shape index (κ3) is 8.59. The number of hydrogen-bond acceptors (Lipinski definition) is 8. The highest BCUT2D eigenvalue weighted by Gasteiger charge is 2.37. The third-order valence-electron chi connectivity index (χ3n) is 8.08. The summed E-state index contributed by atoms with van der Waals surface area (Å²) in [6.45, 7) is 10.6. The van der Waals surface area contributed by atoms with E-state index < -0.39 is 33.4 Å². The molecule has 4 rings (SSSR count). The van der Waals surface area contributed by atoms with E-state index in [-0.39, 0.29) is 47.4 Å². The summed E-state index contributed by atoms with van der Waals surface area (Å²) in [7, 11) is -3.83. The number of aliphatic hydroxyl groups excluding tert-OH is 1. The molecule has 44 heavy (non-hydrogen) atoms. The molecule has 0 radical (unpaired) electrons. The summed E-state index contributed by atoms with van der Waals surface area (Å²) in [5.74, 6) is -0.272. The molecule has 242 valence electrons. The normalized spacial score (nSPS) is 18.8. The van der Waals surface area contributed by atoms with Gasteiger partial charge in [0.25, 0.3) is 5.91 Å². The van der Waals surface area contributed by atoms with Gasteiger partial charge in [0.05, 0.1) is 29.7 Å². The number of nitrogens with zero attached hydrogens (tertiary/aromatic N) is 1. The second-order valence-corrected chi connectivity index (χ2v) is 15.5. The Morgan fingerprint density at radius 1 is 1.14 bits per heavy atom. The monoisotopic (exact) mass is 628 g/mol. The van der Waals surface area contributed by atoms with E-state index in [1.54, 1.807) is 18.2 Å². The van der Waals surface area contributed by atoms with Crippen LogP contribution in [0.15, 0.2) is 53.4 Å². The molecule has 4 N–H and O–H groups in total. The molecule has 4 atom stereocenters. The smallest absolute Gasteiger partial charge is 0.255 e. The Hall–Kier alpha value is -2.99. The van der Waals surface area contributed by atoms with Crippen molar-refractivity contribution in [1.82, 2.24) is 21.1 Å². The molecule has 3 unspecified atom stereocenters. The Kier molecular flexibility index (Phi) is 11.1. The molecule has 0 aromatic heterocycles. The van der Waals surface area contributed by atoms with Crippen molar-refractivity contribution in [2.45, 2.75) is 95.2 Å². The quantitative estimate of drug-likeness (QED) is 0.264. The van der Waals surface area contributed by atoms with Gasteiger partial charge in [0, 0.05) is 19.4 Å². The first kappa shape index (κ1) is 33.9. The number of carbonyl (C=O) groups is 2. The van der Waals surface area contributed by atoms with Gasteiger partial charge in [0.15, 0.2) is 9.84 Å². The molecule has 0 bridgehead atoms. The van der Waals surface area contributed by atoms with Gasteiger partial charge >= 0.3 is 0 Å². The van der Waals surface area contributed by atoms with Crippen molar-refractivity contribution in [3.8, 4) is 5.75 Å². The molecule has 11 heteroatoms. The van der Waals surface area contributed by atoms with Crippen LogP contribution < -0.4 is 20.8 Å². The number of hydrogen-bond donors (Lipinski definition) is 4. The van der Waals surface area contributed by atoms with Gasteiger partial charge in [-0.15, -0.1) is 0 Å². The van der Waals surface area contributed by atoms with Crippen molar-refractivity contribution >= 4 is 21.7 Å². The van der Waals surface area contributed by atoms with Crippen molar-refractivity contribution in [1.29, 1.82) is 0 Å². The number of rotatable bonds is 12. The second kappa shape index (κ2) is 14.4. The lowest BCUT2D eigenvalue weighted by atomic mass is 9.91. The minimum atomic E-state index is -3.83. The van der Waals surface area contributed by atoms with E-state index in [2.05, 4.69) is 16.1 Å². The van der Waals surface area contributed by atoms with Crippen LogP contribution >= 0.6 is 0 Å². The Bertz CT molecular complexity index is 1390. The zero-order valence-corrected chi connectivity index (χ0v) is 27.3. The summed E-state index contributed by atoms with van der Waals surface area (Å²) in [6, 6.07) is 13.1. The Morgan fingerprint density at radius 2 is 1.86 bits per heavy atom. The van der Waals surface area contributed by atoms with Gasteiger partial charge in [-0.3, -0.25) is 20.3 Å². The largest absolute Gasteiger partial charge is 0.493 e. The zero-order chi connectivity index (χ0) is 32.1. The van der Waals surface area contributed by atoms with Gasteiger partial charge in [0.2, 0.25) is 5.91 Å². The van der Waals surface area contributed by atoms with E-state index in [0.29, 0.717) is 25.2 Å². The minimum Gasteiger partial charge on any atom is -0.493 e. The first-order chi connectivity index (χ1) is 20.8. The van der Waals surface area contributed by atoms with Crippen LogP contribution in [0.4, 0.5) is 0 Å². The van der Waals surface area contributed by atoms with Crippen LogP contribution in [-0.2, 0) is 32.3 Å². The van der Waals surface area contributed by atoms with Crippen molar-refractivity contribution in [3.63, 3.8) is 0 Å². The molecule has 2 aromatic carbocycles. The molecular weight excluding hydrogens is 580 g/mol. The molecule has 0 saturated carbocycles. The van der Waals surface area contributed by atoms with Gasteiger partial charge in [-0.2, -0.15) is 0 Å². The van der Waals surface area contributed by atoms with Crippen LogP contribution in [0, 0.1) is 11.3 Å². The average Bonchev–Trinajstić information content (AvgIpc) is 3.66. The van der Waals surface area contributed by atoms with Crippen molar-refractivity contribution in [2.75, 3.05) is 19.7 Å². The molecule has 10 nitrogen and oxygen atoms in total. The van der Waals surface area contributed by atoms with Crippen molar-refractivity contribution in [3.05, 3.63) is 59.7 Å². The van der Waals surface area contributed by atoms with E-state index in [0.717, 1.165) is 24.1 Å². The lowest BCUT2D eigenvalue weighted by Gasteiger charge is -2.37. The standard InChI is InChI=1S/C33H48N4O6S/c1-22(2)32(44(41,42)25-13-14-29-24(19-25)15-17-43-29)35-21-28(38)27(18-23-10-7-6-8-11-23)37(30(39)20-33(3,4)5)36-31(40)26-12-9-16-34-26/h6-8,10-11,13-14,19,22,26-28,32,34-35,38H,9,12,15-18,20-21H2,1-5H3,(H,36,40)/t26?,27?,28-,32?/m1/s1. The summed E-state index contributed by atoms with van der Waals surface area (Å²) in [6.07, 6.45) is 1.35. The maximum Gasteiger partial charge on any atom is 0.255 e. The number of hydrazine groups is 1. The average molecular weight is 629 g/mol. The summed E-state index contributed by atoms with van der Waals surface area (Å²) in [5.41, 5.74) is 4.19. The Morgan fingerprint density at radius 3 is 2.50 bits per heavy atom. The van der Waals surface area contributed by atoms with E-state index in [4.69, 9.17) is 4.74 Å². The Labute approximate surface area is 261 Å².